The van der Waals surface area contributed by atoms with Crippen molar-refractivity contribution in [2.24, 2.45) is 0 Å². The average molecular weight is 486 g/mol. The van der Waals surface area contributed by atoms with Gasteiger partial charge in [-0.05, 0) is 67.4 Å². The monoisotopic (exact) mass is 485 g/mol. The van der Waals surface area contributed by atoms with Gasteiger partial charge >= 0.3 is 5.97 Å². The average Bonchev–Trinajstić information content (AvgIpc) is 3.33. The second-order valence-electron chi connectivity index (χ2n) is 8.35. The number of ether oxygens (including phenoxy) is 2. The first-order valence-electron chi connectivity index (χ1n) is 11.4. The maximum Gasteiger partial charge on any atom is 0.317 e. The topological polar surface area (TPSA) is 67.8 Å². The van der Waals surface area contributed by atoms with Gasteiger partial charge in [-0.15, -0.1) is 0 Å². The molecular weight excluding hydrogens is 459 g/mol. The molecule has 8 heteroatoms. The van der Waals surface area contributed by atoms with Gasteiger partial charge in [0.2, 0.25) is 0 Å². The number of carboxylic acid groups (broad SMARTS) is 1. The lowest BCUT2D eigenvalue weighted by molar-refractivity contribution is -0.135. The van der Waals surface area contributed by atoms with Crippen LogP contribution in [0.1, 0.15) is 41.2 Å². The third-order valence-electron chi connectivity index (χ3n) is 5.91. The number of rotatable bonds is 11. The van der Waals surface area contributed by atoms with E-state index in [-0.39, 0.29) is 23.5 Å². The van der Waals surface area contributed by atoms with Crippen LogP contribution in [0.5, 0.6) is 11.5 Å². The van der Waals surface area contributed by atoms with Crippen LogP contribution in [0.15, 0.2) is 66.7 Å². The molecule has 1 heterocycles. The van der Waals surface area contributed by atoms with Crippen molar-refractivity contribution < 1.29 is 32.5 Å². The van der Waals surface area contributed by atoms with Gasteiger partial charge in [0.25, 0.3) is 5.92 Å². The summed E-state index contributed by atoms with van der Waals surface area (Å²) in [6.45, 7) is 0.712. The molecule has 1 aliphatic rings. The van der Waals surface area contributed by atoms with Crippen molar-refractivity contribution in [3.05, 3.63) is 94.8 Å². The zero-order valence-electron chi connectivity index (χ0n) is 19.0. The predicted molar refractivity (Wildman–Crippen MR) is 125 cm³/mol. The summed E-state index contributed by atoms with van der Waals surface area (Å²) in [5.74, 6) is -3.61. The molecule has 0 aliphatic carbocycles. The molecule has 0 saturated carbocycles. The number of carboxylic acids is 1. The van der Waals surface area contributed by atoms with Crippen LogP contribution in [-0.2, 0) is 17.1 Å². The highest BCUT2D eigenvalue weighted by Gasteiger charge is 2.38. The Balaban J connectivity index is 1.48. The fourth-order valence-corrected chi connectivity index (χ4v) is 4.16. The quantitative estimate of drug-likeness (QED) is 0.352. The van der Waals surface area contributed by atoms with Gasteiger partial charge < -0.3 is 19.9 Å². The van der Waals surface area contributed by atoms with E-state index >= 15 is 8.78 Å². The molecule has 0 fully saturated rings. The molecule has 0 amide bonds. The zero-order valence-corrected chi connectivity index (χ0v) is 19.0. The van der Waals surface area contributed by atoms with Crippen molar-refractivity contribution in [2.45, 2.75) is 31.3 Å². The third kappa shape index (κ3) is 5.95. The predicted octanol–water partition coefficient (Wildman–Crippen LogP) is 5.48. The smallest absolute Gasteiger partial charge is 0.317 e. The lowest BCUT2D eigenvalue weighted by atomic mass is 9.94. The van der Waals surface area contributed by atoms with Crippen LogP contribution in [0.25, 0.3) is 0 Å². The standard InChI is InChI=1S/C27H26F3NO4/c28-20-10-6-18(7-11-20)24(5-2-15-31-17-26(32)33)35-21-12-8-19(9-13-21)27(29,30)23-3-1-4-25-22(23)14-16-34-25/h1,3-4,6-13,24,31H,2,5,14-17H2,(H,32,33). The Bertz CT molecular complexity index is 1150. The number of aliphatic carboxylic acids is 1. The molecule has 2 N–H and O–H groups in total. The minimum Gasteiger partial charge on any atom is -0.493 e. The van der Waals surface area contributed by atoms with Gasteiger partial charge in [-0.3, -0.25) is 4.79 Å². The molecule has 0 spiro atoms. The largest absolute Gasteiger partial charge is 0.493 e. The molecule has 4 rings (SSSR count). The SMILES string of the molecule is O=C(O)CNCCCC(Oc1ccc(C(F)(F)c2cccc3c2CCO3)cc1)c1ccc(F)cc1. The molecule has 5 nitrogen and oxygen atoms in total. The number of benzene rings is 3. The molecule has 1 unspecified atom stereocenters. The molecular formula is C27H26F3NO4. The Morgan fingerprint density at radius 1 is 1.09 bits per heavy atom. The highest BCUT2D eigenvalue weighted by atomic mass is 19.3. The fraction of sp³-hybridized carbons (Fsp3) is 0.296. The van der Waals surface area contributed by atoms with E-state index in [4.69, 9.17) is 14.6 Å². The van der Waals surface area contributed by atoms with Gasteiger partial charge in [-0.2, -0.15) is 8.78 Å². The van der Waals surface area contributed by atoms with E-state index in [1.807, 2.05) is 0 Å². The van der Waals surface area contributed by atoms with Crippen LogP contribution in [-0.4, -0.2) is 30.8 Å². The molecule has 1 atom stereocenters. The van der Waals surface area contributed by atoms with Gasteiger partial charge in [0.15, 0.2) is 0 Å². The number of hydrogen-bond donors (Lipinski definition) is 2. The lowest BCUT2D eigenvalue weighted by Gasteiger charge is -2.22. The Morgan fingerprint density at radius 2 is 1.83 bits per heavy atom. The van der Waals surface area contributed by atoms with Crippen LogP contribution in [0.3, 0.4) is 0 Å². The number of nitrogens with one attached hydrogen (secondary N) is 1. The normalized spacial score (nSPS) is 13.7. The van der Waals surface area contributed by atoms with Crippen LogP contribution in [0, 0.1) is 5.82 Å². The van der Waals surface area contributed by atoms with E-state index in [2.05, 4.69) is 5.32 Å². The van der Waals surface area contributed by atoms with E-state index in [1.54, 1.807) is 24.3 Å². The molecule has 35 heavy (non-hydrogen) atoms. The summed E-state index contributed by atoms with van der Waals surface area (Å²) < 4.78 is 55.6. The van der Waals surface area contributed by atoms with E-state index in [1.165, 1.54) is 42.5 Å². The summed E-state index contributed by atoms with van der Waals surface area (Å²) in [5, 5.41) is 11.6. The van der Waals surface area contributed by atoms with Crippen LogP contribution in [0.2, 0.25) is 0 Å². The van der Waals surface area contributed by atoms with Crippen molar-refractivity contribution in [1.82, 2.24) is 5.32 Å². The number of alkyl halides is 2. The van der Waals surface area contributed by atoms with E-state index < -0.39 is 18.0 Å². The summed E-state index contributed by atoms with van der Waals surface area (Å²) in [7, 11) is 0. The molecule has 0 aromatic heterocycles. The molecule has 1 aliphatic heterocycles. The van der Waals surface area contributed by atoms with Crippen LogP contribution >= 0.6 is 0 Å². The minimum atomic E-state index is -3.19. The molecule has 3 aromatic carbocycles. The molecule has 0 radical (unpaired) electrons. The van der Waals surface area contributed by atoms with E-state index in [0.29, 0.717) is 49.5 Å². The Hall–Kier alpha value is -3.52. The molecule has 184 valence electrons. The summed E-state index contributed by atoms with van der Waals surface area (Å²) >= 11 is 0. The van der Waals surface area contributed by atoms with Gasteiger partial charge in [0, 0.05) is 23.1 Å². The molecule has 3 aromatic rings. The first-order chi connectivity index (χ1) is 16.8. The molecule has 0 bridgehead atoms. The van der Waals surface area contributed by atoms with Gasteiger partial charge in [0.05, 0.1) is 13.2 Å². The minimum absolute atomic E-state index is 0.0563. The highest BCUT2D eigenvalue weighted by molar-refractivity contribution is 5.68. The third-order valence-corrected chi connectivity index (χ3v) is 5.91. The highest BCUT2D eigenvalue weighted by Crippen LogP contribution is 2.42. The first kappa shape index (κ1) is 24.6. The first-order valence-corrected chi connectivity index (χ1v) is 11.4. The van der Waals surface area contributed by atoms with Gasteiger partial charge in [0.1, 0.15) is 23.4 Å². The fourth-order valence-electron chi connectivity index (χ4n) is 4.16. The second kappa shape index (κ2) is 10.8. The lowest BCUT2D eigenvalue weighted by Crippen LogP contribution is -2.24. The molecule has 0 saturated heterocycles. The maximum absolute atomic E-state index is 15.4. The zero-order chi connectivity index (χ0) is 24.8. The number of hydrogen-bond acceptors (Lipinski definition) is 4. The second-order valence-corrected chi connectivity index (χ2v) is 8.35. The van der Waals surface area contributed by atoms with Crippen molar-refractivity contribution in [3.8, 4) is 11.5 Å². The van der Waals surface area contributed by atoms with Crippen molar-refractivity contribution in [1.29, 1.82) is 0 Å². The number of fused-ring (bicyclic) bond motifs is 1. The Morgan fingerprint density at radius 3 is 2.54 bits per heavy atom. The van der Waals surface area contributed by atoms with E-state index in [9.17, 15) is 9.18 Å². The van der Waals surface area contributed by atoms with Gasteiger partial charge in [-0.1, -0.05) is 24.3 Å². The van der Waals surface area contributed by atoms with E-state index in [0.717, 1.165) is 5.56 Å². The van der Waals surface area contributed by atoms with Crippen molar-refractivity contribution >= 4 is 5.97 Å². The Labute approximate surface area is 201 Å². The summed E-state index contributed by atoms with van der Waals surface area (Å²) in [6.07, 6.45) is 1.12. The van der Waals surface area contributed by atoms with Gasteiger partial charge in [-0.25, -0.2) is 4.39 Å². The van der Waals surface area contributed by atoms with Crippen LogP contribution in [0.4, 0.5) is 13.2 Å². The summed E-state index contributed by atoms with van der Waals surface area (Å²) in [6, 6.07) is 16.3. The summed E-state index contributed by atoms with van der Waals surface area (Å²) in [5.41, 5.74) is 1.06. The maximum atomic E-state index is 15.4. The van der Waals surface area contributed by atoms with Crippen molar-refractivity contribution in [2.75, 3.05) is 19.7 Å². The van der Waals surface area contributed by atoms with Crippen LogP contribution < -0.4 is 14.8 Å². The Kier molecular flexibility index (Phi) is 7.60. The summed E-state index contributed by atoms with van der Waals surface area (Å²) in [4.78, 5) is 10.7. The number of carbonyl (C=O) groups is 1. The number of halogens is 3. The van der Waals surface area contributed by atoms with Crippen molar-refractivity contribution in [3.63, 3.8) is 0 Å².